The standard InChI is InChI=1S/C56H37N3/c1-56(2)51-17-8-7-15-46(51)47-29-27-39(33-52(47)56)38-26-28-45-40(30-38)12-9-16-48(45)55-58-53(41-24-22-36-20-18-34-10-3-5-13-43(34)49(36)31-41)57-54(59-55)42-25-23-37-21-19-35-11-4-6-14-44(35)50(37)32-42/h3-33H,1-2H3. The van der Waals surface area contributed by atoms with Gasteiger partial charge in [0.25, 0.3) is 0 Å². The minimum Gasteiger partial charge on any atom is -0.208 e. The predicted molar refractivity (Wildman–Crippen MR) is 247 cm³/mol. The summed E-state index contributed by atoms with van der Waals surface area (Å²) in [6.07, 6.45) is 0. The van der Waals surface area contributed by atoms with E-state index in [1.54, 1.807) is 0 Å². The van der Waals surface area contributed by atoms with Crippen molar-refractivity contribution >= 4 is 53.9 Å². The summed E-state index contributed by atoms with van der Waals surface area (Å²) in [5.74, 6) is 1.94. The van der Waals surface area contributed by atoms with Crippen molar-refractivity contribution in [1.82, 2.24) is 15.0 Å². The first kappa shape index (κ1) is 33.6. The highest BCUT2D eigenvalue weighted by atomic mass is 15.0. The van der Waals surface area contributed by atoms with E-state index in [1.807, 2.05) is 0 Å². The fourth-order valence-corrected chi connectivity index (χ4v) is 9.58. The predicted octanol–water partition coefficient (Wildman–Crippen LogP) is 14.6. The largest absolute Gasteiger partial charge is 0.208 e. The molecule has 0 N–H and O–H groups in total. The number of aromatic nitrogens is 3. The van der Waals surface area contributed by atoms with Crippen LogP contribution in [0.4, 0.5) is 0 Å². The molecule has 1 aliphatic rings. The van der Waals surface area contributed by atoms with Crippen LogP contribution in [0.1, 0.15) is 25.0 Å². The Balaban J connectivity index is 1.03. The van der Waals surface area contributed by atoms with Gasteiger partial charge in [0.2, 0.25) is 0 Å². The number of hydrogen-bond acceptors (Lipinski definition) is 3. The van der Waals surface area contributed by atoms with Gasteiger partial charge in [-0.05, 0) is 112 Å². The highest BCUT2D eigenvalue weighted by Crippen LogP contribution is 2.49. The Labute approximate surface area is 342 Å². The lowest BCUT2D eigenvalue weighted by atomic mass is 9.81. The molecular weight excluding hydrogens is 715 g/mol. The van der Waals surface area contributed by atoms with Gasteiger partial charge in [-0.1, -0.05) is 178 Å². The summed E-state index contributed by atoms with van der Waals surface area (Å²) in [4.78, 5) is 15.8. The lowest BCUT2D eigenvalue weighted by Gasteiger charge is -2.22. The molecule has 0 aliphatic heterocycles. The minimum atomic E-state index is -0.0592. The fourth-order valence-electron chi connectivity index (χ4n) is 9.58. The van der Waals surface area contributed by atoms with E-state index in [-0.39, 0.29) is 5.41 Å². The Bertz CT molecular complexity index is 3410. The highest BCUT2D eigenvalue weighted by Gasteiger charge is 2.35. The summed E-state index contributed by atoms with van der Waals surface area (Å²) in [6, 6.07) is 68.0. The van der Waals surface area contributed by atoms with Crippen LogP contribution in [0, 0.1) is 0 Å². The van der Waals surface area contributed by atoms with Gasteiger partial charge in [-0.2, -0.15) is 0 Å². The number of nitrogens with zero attached hydrogens (tertiary/aromatic N) is 3. The van der Waals surface area contributed by atoms with Crippen LogP contribution in [0.3, 0.4) is 0 Å². The number of benzene rings is 10. The highest BCUT2D eigenvalue weighted by molar-refractivity contribution is 6.10. The third-order valence-corrected chi connectivity index (χ3v) is 12.7. The van der Waals surface area contributed by atoms with Gasteiger partial charge in [-0.15, -0.1) is 0 Å². The monoisotopic (exact) mass is 751 g/mol. The molecule has 0 atom stereocenters. The molecule has 0 amide bonds. The van der Waals surface area contributed by atoms with Crippen molar-refractivity contribution in [3.05, 3.63) is 199 Å². The molecule has 276 valence electrons. The lowest BCUT2D eigenvalue weighted by molar-refractivity contribution is 0.660. The summed E-state index contributed by atoms with van der Waals surface area (Å²) in [5.41, 5.74) is 10.7. The van der Waals surface area contributed by atoms with Crippen molar-refractivity contribution in [3.63, 3.8) is 0 Å². The minimum absolute atomic E-state index is 0.0592. The molecule has 11 aromatic rings. The van der Waals surface area contributed by atoms with Gasteiger partial charge in [0.1, 0.15) is 0 Å². The first-order valence-corrected chi connectivity index (χ1v) is 20.3. The molecule has 1 aromatic heterocycles. The maximum Gasteiger partial charge on any atom is 0.164 e. The molecule has 3 nitrogen and oxygen atoms in total. The normalized spacial score (nSPS) is 13.1. The third-order valence-electron chi connectivity index (χ3n) is 12.7. The fraction of sp³-hybridized carbons (Fsp3) is 0.0536. The summed E-state index contributed by atoms with van der Waals surface area (Å²) in [6.45, 7) is 4.68. The van der Waals surface area contributed by atoms with Gasteiger partial charge in [0.05, 0.1) is 0 Å². The van der Waals surface area contributed by atoms with E-state index in [9.17, 15) is 0 Å². The molecule has 0 unspecified atom stereocenters. The number of rotatable bonds is 4. The second-order valence-corrected chi connectivity index (χ2v) is 16.4. The summed E-state index contributed by atoms with van der Waals surface area (Å²) >= 11 is 0. The molecule has 0 fully saturated rings. The molecule has 0 saturated carbocycles. The van der Waals surface area contributed by atoms with E-state index in [4.69, 9.17) is 15.0 Å². The van der Waals surface area contributed by atoms with Crippen molar-refractivity contribution in [2.45, 2.75) is 19.3 Å². The van der Waals surface area contributed by atoms with Crippen LogP contribution in [0.2, 0.25) is 0 Å². The summed E-state index contributed by atoms with van der Waals surface area (Å²) < 4.78 is 0. The van der Waals surface area contributed by atoms with Gasteiger partial charge in [-0.25, -0.2) is 15.0 Å². The zero-order valence-corrected chi connectivity index (χ0v) is 32.7. The van der Waals surface area contributed by atoms with Crippen LogP contribution < -0.4 is 0 Å². The second-order valence-electron chi connectivity index (χ2n) is 16.4. The average molecular weight is 752 g/mol. The van der Waals surface area contributed by atoms with Gasteiger partial charge >= 0.3 is 0 Å². The van der Waals surface area contributed by atoms with Crippen LogP contribution >= 0.6 is 0 Å². The Morgan fingerprint density at radius 1 is 0.288 bits per heavy atom. The van der Waals surface area contributed by atoms with E-state index in [0.717, 1.165) is 27.5 Å². The molecule has 0 saturated heterocycles. The Morgan fingerprint density at radius 2 is 0.763 bits per heavy atom. The Kier molecular flexibility index (Phi) is 7.27. The number of hydrogen-bond donors (Lipinski definition) is 0. The third kappa shape index (κ3) is 5.32. The quantitative estimate of drug-likeness (QED) is 0.168. The summed E-state index contributed by atoms with van der Waals surface area (Å²) in [7, 11) is 0. The van der Waals surface area contributed by atoms with Crippen molar-refractivity contribution in [2.75, 3.05) is 0 Å². The smallest absolute Gasteiger partial charge is 0.164 e. The molecular formula is C56H37N3. The van der Waals surface area contributed by atoms with Gasteiger partial charge in [0.15, 0.2) is 17.5 Å². The second kappa shape index (κ2) is 12.8. The SMILES string of the molecule is CC1(C)c2ccccc2-c2ccc(-c3ccc4c(-c5nc(-c6ccc7ccc8ccccc8c7c6)nc(-c6ccc7ccc8ccccc8c7c6)n5)cccc4c3)cc21. The molecule has 0 spiro atoms. The summed E-state index contributed by atoms with van der Waals surface area (Å²) in [5, 5.41) is 11.8. The first-order valence-electron chi connectivity index (χ1n) is 20.3. The molecule has 59 heavy (non-hydrogen) atoms. The molecule has 10 aromatic carbocycles. The van der Waals surface area contributed by atoms with E-state index in [1.165, 1.54) is 76.5 Å². The van der Waals surface area contributed by atoms with E-state index < -0.39 is 0 Å². The zero-order chi connectivity index (χ0) is 39.2. The maximum atomic E-state index is 5.28. The van der Waals surface area contributed by atoms with Crippen LogP contribution in [0.25, 0.3) is 110 Å². The molecule has 0 bridgehead atoms. The average Bonchev–Trinajstić information content (AvgIpc) is 3.53. The van der Waals surface area contributed by atoms with Crippen LogP contribution in [0.5, 0.6) is 0 Å². The maximum absolute atomic E-state index is 5.28. The van der Waals surface area contributed by atoms with Crippen molar-refractivity contribution in [3.8, 4) is 56.4 Å². The van der Waals surface area contributed by atoms with Crippen molar-refractivity contribution in [2.24, 2.45) is 0 Å². The van der Waals surface area contributed by atoms with Crippen LogP contribution in [-0.2, 0) is 5.41 Å². The number of fused-ring (bicyclic) bond motifs is 10. The molecule has 1 aliphatic carbocycles. The van der Waals surface area contributed by atoms with Crippen molar-refractivity contribution in [1.29, 1.82) is 0 Å². The van der Waals surface area contributed by atoms with Crippen LogP contribution in [0.15, 0.2) is 188 Å². The van der Waals surface area contributed by atoms with Crippen molar-refractivity contribution < 1.29 is 0 Å². The van der Waals surface area contributed by atoms with E-state index in [0.29, 0.717) is 17.5 Å². The Morgan fingerprint density at radius 3 is 1.44 bits per heavy atom. The first-order chi connectivity index (χ1) is 29.0. The van der Waals surface area contributed by atoms with Gasteiger partial charge < -0.3 is 0 Å². The van der Waals surface area contributed by atoms with E-state index in [2.05, 4.69) is 202 Å². The molecule has 12 rings (SSSR count). The zero-order valence-electron chi connectivity index (χ0n) is 32.7. The van der Waals surface area contributed by atoms with Crippen LogP contribution in [-0.4, -0.2) is 15.0 Å². The topological polar surface area (TPSA) is 38.7 Å². The lowest BCUT2D eigenvalue weighted by Crippen LogP contribution is -2.14. The van der Waals surface area contributed by atoms with E-state index >= 15 is 0 Å². The Hall–Kier alpha value is -7.49. The van der Waals surface area contributed by atoms with Gasteiger partial charge in [0, 0.05) is 22.1 Å². The molecule has 1 heterocycles. The van der Waals surface area contributed by atoms with Gasteiger partial charge in [-0.3, -0.25) is 0 Å². The molecule has 3 heteroatoms. The molecule has 0 radical (unpaired) electrons.